The van der Waals surface area contributed by atoms with E-state index in [1.165, 1.54) is 18.4 Å². The molecule has 1 heterocycles. The largest absolute Gasteiger partial charge is 0.487 e. The Morgan fingerprint density at radius 1 is 1.08 bits per heavy atom. The van der Waals surface area contributed by atoms with Gasteiger partial charge in [0.2, 0.25) is 5.89 Å². The van der Waals surface area contributed by atoms with Crippen molar-refractivity contribution in [3.63, 3.8) is 0 Å². The van der Waals surface area contributed by atoms with Crippen molar-refractivity contribution in [1.82, 2.24) is 4.98 Å². The van der Waals surface area contributed by atoms with Gasteiger partial charge in [-0.2, -0.15) is 0 Å². The predicted molar refractivity (Wildman–Crippen MR) is 90.6 cm³/mol. The van der Waals surface area contributed by atoms with Gasteiger partial charge < -0.3 is 9.15 Å². The van der Waals surface area contributed by atoms with Gasteiger partial charge in [0.15, 0.2) is 9.84 Å². The third-order valence-corrected chi connectivity index (χ3v) is 4.63. The van der Waals surface area contributed by atoms with Crippen molar-refractivity contribution in [2.45, 2.75) is 18.4 Å². The van der Waals surface area contributed by atoms with Crippen molar-refractivity contribution in [3.05, 3.63) is 66.1 Å². The Kier molecular flexibility index (Phi) is 4.40. The maximum Gasteiger partial charge on any atom is 0.226 e. The van der Waals surface area contributed by atoms with Gasteiger partial charge in [0.1, 0.15) is 23.8 Å². The number of ether oxygens (including phenoxy) is 1. The zero-order chi connectivity index (χ0) is 17.2. The highest BCUT2D eigenvalue weighted by molar-refractivity contribution is 7.90. The molecule has 24 heavy (non-hydrogen) atoms. The predicted octanol–water partition coefficient (Wildman–Crippen LogP) is 3.63. The number of sulfone groups is 1. The number of aryl methyl sites for hydroxylation is 1. The third kappa shape index (κ3) is 3.65. The van der Waals surface area contributed by atoms with Gasteiger partial charge in [0.25, 0.3) is 0 Å². The molecule has 0 N–H and O–H groups in total. The molecule has 3 rings (SSSR count). The van der Waals surface area contributed by atoms with Gasteiger partial charge in [-0.05, 0) is 37.3 Å². The van der Waals surface area contributed by atoms with Crippen LogP contribution in [0.4, 0.5) is 0 Å². The van der Waals surface area contributed by atoms with Crippen LogP contribution in [-0.4, -0.2) is 19.7 Å². The van der Waals surface area contributed by atoms with Crippen LogP contribution in [0.3, 0.4) is 0 Å². The molecule has 0 saturated carbocycles. The van der Waals surface area contributed by atoms with E-state index in [-0.39, 0.29) is 11.5 Å². The SMILES string of the molecule is Cc1oc(-c2ccccc2)nc1COc1cccc(S(C)(=O)=O)c1. The first kappa shape index (κ1) is 16.3. The number of benzene rings is 2. The first-order valence-corrected chi connectivity index (χ1v) is 9.27. The summed E-state index contributed by atoms with van der Waals surface area (Å²) in [6, 6.07) is 16.0. The average Bonchev–Trinajstić information content (AvgIpc) is 2.94. The van der Waals surface area contributed by atoms with Crippen LogP contribution in [0.5, 0.6) is 5.75 Å². The van der Waals surface area contributed by atoms with E-state index in [0.29, 0.717) is 23.1 Å². The summed E-state index contributed by atoms with van der Waals surface area (Å²) in [7, 11) is -3.26. The molecular formula is C18H17NO4S. The van der Waals surface area contributed by atoms with Gasteiger partial charge in [-0.1, -0.05) is 24.3 Å². The third-order valence-electron chi connectivity index (χ3n) is 3.52. The van der Waals surface area contributed by atoms with Crippen molar-refractivity contribution >= 4 is 9.84 Å². The van der Waals surface area contributed by atoms with E-state index < -0.39 is 9.84 Å². The molecule has 0 atom stereocenters. The summed E-state index contributed by atoms with van der Waals surface area (Å²) in [4.78, 5) is 4.68. The average molecular weight is 343 g/mol. The molecule has 0 amide bonds. The molecule has 0 saturated heterocycles. The minimum absolute atomic E-state index is 0.204. The molecule has 124 valence electrons. The van der Waals surface area contributed by atoms with Crippen LogP contribution in [0.15, 0.2) is 63.9 Å². The Bertz CT molecular complexity index is 946. The van der Waals surface area contributed by atoms with Crippen LogP contribution in [0.1, 0.15) is 11.5 Å². The number of hydrogen-bond acceptors (Lipinski definition) is 5. The number of nitrogens with zero attached hydrogens (tertiary/aromatic N) is 1. The van der Waals surface area contributed by atoms with Gasteiger partial charge in [-0.15, -0.1) is 0 Å². The maximum absolute atomic E-state index is 11.6. The maximum atomic E-state index is 11.6. The molecule has 0 aliphatic carbocycles. The van der Waals surface area contributed by atoms with E-state index in [0.717, 1.165) is 5.56 Å². The quantitative estimate of drug-likeness (QED) is 0.707. The van der Waals surface area contributed by atoms with Crippen LogP contribution in [0.2, 0.25) is 0 Å². The van der Waals surface area contributed by atoms with Crippen molar-refractivity contribution in [1.29, 1.82) is 0 Å². The van der Waals surface area contributed by atoms with Crippen LogP contribution in [0, 0.1) is 6.92 Å². The lowest BCUT2D eigenvalue weighted by atomic mass is 10.2. The summed E-state index contributed by atoms with van der Waals surface area (Å²) in [5.74, 6) is 1.69. The minimum Gasteiger partial charge on any atom is -0.487 e. The normalized spacial score (nSPS) is 11.4. The van der Waals surface area contributed by atoms with Crippen LogP contribution in [-0.2, 0) is 16.4 Å². The highest BCUT2D eigenvalue weighted by atomic mass is 32.2. The minimum atomic E-state index is -3.26. The van der Waals surface area contributed by atoms with Gasteiger partial charge in [0, 0.05) is 11.8 Å². The van der Waals surface area contributed by atoms with E-state index in [9.17, 15) is 8.42 Å². The second-order valence-electron chi connectivity index (χ2n) is 5.42. The topological polar surface area (TPSA) is 69.4 Å². The lowest BCUT2D eigenvalue weighted by Crippen LogP contribution is -2.00. The van der Waals surface area contributed by atoms with Gasteiger partial charge in [-0.3, -0.25) is 0 Å². The fourth-order valence-corrected chi connectivity index (χ4v) is 2.87. The second kappa shape index (κ2) is 6.49. The van der Waals surface area contributed by atoms with Crippen molar-refractivity contribution in [2.75, 3.05) is 6.26 Å². The molecule has 0 fully saturated rings. The molecule has 0 unspecified atom stereocenters. The van der Waals surface area contributed by atoms with Gasteiger partial charge in [0.05, 0.1) is 4.90 Å². The fourth-order valence-electron chi connectivity index (χ4n) is 2.21. The molecular weight excluding hydrogens is 326 g/mol. The van der Waals surface area contributed by atoms with E-state index in [1.54, 1.807) is 12.1 Å². The smallest absolute Gasteiger partial charge is 0.226 e. The number of rotatable bonds is 5. The molecule has 0 radical (unpaired) electrons. The molecule has 0 aliphatic heterocycles. The van der Waals surface area contributed by atoms with Crippen LogP contribution >= 0.6 is 0 Å². The second-order valence-corrected chi connectivity index (χ2v) is 7.44. The van der Waals surface area contributed by atoms with Crippen molar-refractivity contribution in [2.24, 2.45) is 0 Å². The van der Waals surface area contributed by atoms with E-state index in [1.807, 2.05) is 37.3 Å². The standard InChI is InChI=1S/C18H17NO4S/c1-13-17(19-18(23-13)14-7-4-3-5-8-14)12-22-15-9-6-10-16(11-15)24(2,20)21/h3-11H,12H2,1-2H3. The van der Waals surface area contributed by atoms with E-state index in [4.69, 9.17) is 9.15 Å². The van der Waals surface area contributed by atoms with Gasteiger partial charge in [-0.25, -0.2) is 13.4 Å². The summed E-state index contributed by atoms with van der Waals surface area (Å²) in [5, 5.41) is 0. The molecule has 2 aromatic carbocycles. The Morgan fingerprint density at radius 2 is 1.83 bits per heavy atom. The summed E-state index contributed by atoms with van der Waals surface area (Å²) in [5.41, 5.74) is 1.57. The molecule has 0 spiro atoms. The highest BCUT2D eigenvalue weighted by Gasteiger charge is 2.13. The summed E-state index contributed by atoms with van der Waals surface area (Å²) >= 11 is 0. The molecule has 5 nitrogen and oxygen atoms in total. The Morgan fingerprint density at radius 3 is 2.54 bits per heavy atom. The summed E-state index contributed by atoms with van der Waals surface area (Å²) < 4.78 is 34.5. The Hall–Kier alpha value is -2.60. The summed E-state index contributed by atoms with van der Waals surface area (Å²) in [6.07, 6.45) is 1.17. The van der Waals surface area contributed by atoms with Crippen molar-refractivity contribution in [3.8, 4) is 17.2 Å². The lowest BCUT2D eigenvalue weighted by molar-refractivity contribution is 0.298. The first-order chi connectivity index (χ1) is 11.4. The number of oxazole rings is 1. The Labute approximate surface area is 140 Å². The fraction of sp³-hybridized carbons (Fsp3) is 0.167. The van der Waals surface area contributed by atoms with E-state index >= 15 is 0 Å². The van der Waals surface area contributed by atoms with Crippen LogP contribution < -0.4 is 4.74 Å². The zero-order valence-electron chi connectivity index (χ0n) is 13.4. The molecule has 0 aliphatic rings. The first-order valence-electron chi connectivity index (χ1n) is 7.38. The van der Waals surface area contributed by atoms with Gasteiger partial charge >= 0.3 is 0 Å². The number of hydrogen-bond donors (Lipinski definition) is 0. The zero-order valence-corrected chi connectivity index (χ0v) is 14.2. The molecule has 0 bridgehead atoms. The monoisotopic (exact) mass is 343 g/mol. The summed E-state index contributed by atoms with van der Waals surface area (Å²) in [6.45, 7) is 2.03. The molecule has 1 aromatic heterocycles. The molecule has 3 aromatic rings. The molecule has 6 heteroatoms. The van der Waals surface area contributed by atoms with E-state index in [2.05, 4.69) is 4.98 Å². The van der Waals surface area contributed by atoms with Crippen molar-refractivity contribution < 1.29 is 17.6 Å². The lowest BCUT2D eigenvalue weighted by Gasteiger charge is -2.06. The Balaban J connectivity index is 1.77. The van der Waals surface area contributed by atoms with Crippen LogP contribution in [0.25, 0.3) is 11.5 Å². The highest BCUT2D eigenvalue weighted by Crippen LogP contribution is 2.23. The number of aromatic nitrogens is 1.